The molecule has 0 bridgehead atoms. The van der Waals surface area contributed by atoms with Crippen LogP contribution in [-0.2, 0) is 16.2 Å². The molecular formula is C35H54N2O. The van der Waals surface area contributed by atoms with Crippen LogP contribution in [0, 0.1) is 5.41 Å². The summed E-state index contributed by atoms with van der Waals surface area (Å²) in [6, 6.07) is 11.5. The van der Waals surface area contributed by atoms with Gasteiger partial charge in [0.2, 0.25) is 0 Å². The fraction of sp³-hybridized carbons (Fsp3) is 0.600. The summed E-state index contributed by atoms with van der Waals surface area (Å²) in [6.45, 7) is 24.2. The summed E-state index contributed by atoms with van der Waals surface area (Å²) < 4.78 is 0. The molecule has 0 saturated heterocycles. The maximum absolute atomic E-state index is 10.1. The van der Waals surface area contributed by atoms with Gasteiger partial charge in [-0.1, -0.05) is 108 Å². The first kappa shape index (κ1) is 31.8. The largest absolute Gasteiger partial charge is 0.507 e. The Morgan fingerprint density at radius 2 is 1.32 bits per heavy atom. The first-order chi connectivity index (χ1) is 17.4. The second kappa shape index (κ2) is 12.6. The molecule has 1 aliphatic carbocycles. The number of aromatic hydroxyl groups is 1. The van der Waals surface area contributed by atoms with Crippen molar-refractivity contribution >= 4 is 12.4 Å². The highest BCUT2D eigenvalue weighted by atomic mass is 16.3. The molecule has 1 fully saturated rings. The van der Waals surface area contributed by atoms with Gasteiger partial charge in [0.15, 0.2) is 0 Å². The molecule has 38 heavy (non-hydrogen) atoms. The lowest BCUT2D eigenvalue weighted by Gasteiger charge is -2.26. The Bertz CT molecular complexity index is 1070. The molecule has 0 radical (unpaired) electrons. The third kappa shape index (κ3) is 9.10. The van der Waals surface area contributed by atoms with Gasteiger partial charge in [0, 0.05) is 29.6 Å². The first-order valence-electron chi connectivity index (χ1n) is 14.5. The predicted molar refractivity (Wildman–Crippen MR) is 167 cm³/mol. The van der Waals surface area contributed by atoms with E-state index in [9.17, 15) is 5.11 Å². The molecule has 0 spiro atoms. The number of hydrogen-bond donors (Lipinski definition) is 2. The lowest BCUT2D eigenvalue weighted by atomic mass is 9.79. The minimum absolute atomic E-state index is 0.104. The molecule has 0 unspecified atom stereocenters. The van der Waals surface area contributed by atoms with E-state index in [0.717, 1.165) is 5.56 Å². The molecule has 0 atom stereocenters. The van der Waals surface area contributed by atoms with Gasteiger partial charge in [-0.15, -0.1) is 0 Å². The van der Waals surface area contributed by atoms with Crippen LogP contribution in [0.3, 0.4) is 0 Å². The van der Waals surface area contributed by atoms with E-state index < -0.39 is 0 Å². The van der Waals surface area contributed by atoms with Gasteiger partial charge in [0.05, 0.1) is 0 Å². The first-order valence-corrected chi connectivity index (χ1v) is 14.5. The molecular weight excluding hydrogens is 464 g/mol. The fourth-order valence-electron chi connectivity index (χ4n) is 4.71. The topological polar surface area (TPSA) is 56.4 Å². The standard InChI is InChI=1S/C21H33N.C14H21NO/c1-20(2,3)17-12-16(13-18(14-17)21(4,5)6)15-22-19-10-8-7-9-11-19;1-9(2)10-6-11(8-15)13(16)12(7-10)14(3,4)5/h12-15,19H,7-11H2,1-6H3;6-9,15-16H,1-5H3. The molecule has 2 N–H and O–H groups in total. The van der Waals surface area contributed by atoms with Gasteiger partial charge in [0.1, 0.15) is 5.75 Å². The molecule has 1 saturated carbocycles. The summed E-state index contributed by atoms with van der Waals surface area (Å²) in [5, 5.41) is 17.4. The third-order valence-corrected chi connectivity index (χ3v) is 7.49. The van der Waals surface area contributed by atoms with E-state index in [1.807, 2.05) is 12.1 Å². The van der Waals surface area contributed by atoms with E-state index in [0.29, 0.717) is 17.5 Å². The highest BCUT2D eigenvalue weighted by molar-refractivity contribution is 5.82. The van der Waals surface area contributed by atoms with Crippen LogP contribution in [0.5, 0.6) is 5.75 Å². The Morgan fingerprint density at radius 1 is 0.789 bits per heavy atom. The van der Waals surface area contributed by atoms with Crippen LogP contribution in [0.15, 0.2) is 35.3 Å². The van der Waals surface area contributed by atoms with Crippen molar-refractivity contribution in [1.82, 2.24) is 0 Å². The van der Waals surface area contributed by atoms with Gasteiger partial charge in [0.25, 0.3) is 0 Å². The van der Waals surface area contributed by atoms with Crippen LogP contribution in [0.4, 0.5) is 0 Å². The van der Waals surface area contributed by atoms with Crippen molar-refractivity contribution in [2.45, 2.75) is 136 Å². The molecule has 210 valence electrons. The zero-order valence-corrected chi connectivity index (χ0v) is 26.1. The second-order valence-corrected chi connectivity index (χ2v) is 14.5. The van der Waals surface area contributed by atoms with Crippen molar-refractivity contribution < 1.29 is 5.11 Å². The molecule has 1 aliphatic rings. The van der Waals surface area contributed by atoms with Crippen molar-refractivity contribution in [2.75, 3.05) is 0 Å². The summed E-state index contributed by atoms with van der Waals surface area (Å²) in [5.74, 6) is 0.646. The number of aliphatic imine (C=N–C) groups is 1. The van der Waals surface area contributed by atoms with Crippen molar-refractivity contribution in [3.05, 3.63) is 63.7 Å². The SMILES string of the molecule is CC(C)(C)c1cc(C=NC2CCCCC2)cc(C(C)(C)C)c1.CC(C)c1cc(C=N)c(O)c(C(C)(C)C)c1. The summed E-state index contributed by atoms with van der Waals surface area (Å²) in [5.41, 5.74) is 7.02. The van der Waals surface area contributed by atoms with Gasteiger partial charge in [-0.2, -0.15) is 0 Å². The van der Waals surface area contributed by atoms with Gasteiger partial charge in [-0.05, 0) is 75.5 Å². The monoisotopic (exact) mass is 518 g/mol. The van der Waals surface area contributed by atoms with E-state index in [-0.39, 0.29) is 22.0 Å². The molecule has 0 heterocycles. The van der Waals surface area contributed by atoms with E-state index >= 15 is 0 Å². The molecule has 0 aromatic heterocycles. The van der Waals surface area contributed by atoms with Crippen LogP contribution in [0.25, 0.3) is 0 Å². The highest BCUT2D eigenvalue weighted by Crippen LogP contribution is 2.35. The number of nitrogens with zero attached hydrogens (tertiary/aromatic N) is 1. The van der Waals surface area contributed by atoms with E-state index in [1.54, 1.807) is 0 Å². The number of benzene rings is 2. The Labute approximate surface area is 233 Å². The fourth-order valence-corrected chi connectivity index (χ4v) is 4.71. The summed E-state index contributed by atoms with van der Waals surface area (Å²) in [6.07, 6.45) is 9.95. The van der Waals surface area contributed by atoms with Crippen LogP contribution in [0.1, 0.15) is 148 Å². The van der Waals surface area contributed by atoms with Crippen LogP contribution in [0.2, 0.25) is 0 Å². The minimum atomic E-state index is -0.104. The Morgan fingerprint density at radius 3 is 1.74 bits per heavy atom. The molecule has 2 aromatic rings. The Balaban J connectivity index is 0.000000281. The third-order valence-electron chi connectivity index (χ3n) is 7.49. The lowest BCUT2D eigenvalue weighted by Crippen LogP contribution is -2.17. The second-order valence-electron chi connectivity index (χ2n) is 14.5. The van der Waals surface area contributed by atoms with Crippen molar-refractivity contribution in [3.63, 3.8) is 0 Å². The molecule has 3 heteroatoms. The smallest absolute Gasteiger partial charge is 0.128 e. The van der Waals surface area contributed by atoms with Crippen LogP contribution >= 0.6 is 0 Å². The minimum Gasteiger partial charge on any atom is -0.507 e. The van der Waals surface area contributed by atoms with Gasteiger partial charge < -0.3 is 10.5 Å². The van der Waals surface area contributed by atoms with Crippen molar-refractivity contribution in [2.24, 2.45) is 4.99 Å². The molecule has 3 rings (SSSR count). The number of hydrogen-bond acceptors (Lipinski definition) is 3. The van der Waals surface area contributed by atoms with Gasteiger partial charge in [-0.3, -0.25) is 4.99 Å². The Kier molecular flexibility index (Phi) is 10.6. The highest BCUT2D eigenvalue weighted by Gasteiger charge is 2.22. The van der Waals surface area contributed by atoms with E-state index in [4.69, 9.17) is 10.4 Å². The van der Waals surface area contributed by atoms with E-state index in [2.05, 4.69) is 101 Å². The summed E-state index contributed by atoms with van der Waals surface area (Å²) >= 11 is 0. The van der Waals surface area contributed by atoms with Gasteiger partial charge >= 0.3 is 0 Å². The average molecular weight is 519 g/mol. The average Bonchev–Trinajstić information content (AvgIpc) is 2.82. The zero-order chi connectivity index (χ0) is 28.9. The molecule has 2 aromatic carbocycles. The van der Waals surface area contributed by atoms with Gasteiger partial charge in [-0.25, -0.2) is 0 Å². The molecule has 3 nitrogen and oxygen atoms in total. The Hall–Kier alpha value is -2.42. The predicted octanol–water partition coefficient (Wildman–Crippen LogP) is 9.84. The zero-order valence-electron chi connectivity index (χ0n) is 26.1. The summed E-state index contributed by atoms with van der Waals surface area (Å²) in [4.78, 5) is 4.87. The number of rotatable bonds is 4. The maximum atomic E-state index is 10.1. The van der Waals surface area contributed by atoms with E-state index in [1.165, 1.54) is 60.6 Å². The normalized spacial score (nSPS) is 15.5. The van der Waals surface area contributed by atoms with Crippen molar-refractivity contribution in [3.8, 4) is 5.75 Å². The molecule has 0 aliphatic heterocycles. The maximum Gasteiger partial charge on any atom is 0.128 e. The van der Waals surface area contributed by atoms with Crippen molar-refractivity contribution in [1.29, 1.82) is 5.41 Å². The number of phenols is 1. The van der Waals surface area contributed by atoms with Crippen LogP contribution < -0.4 is 0 Å². The summed E-state index contributed by atoms with van der Waals surface area (Å²) in [7, 11) is 0. The lowest BCUT2D eigenvalue weighted by molar-refractivity contribution is 0.444. The molecule has 0 amide bonds. The van der Waals surface area contributed by atoms with Crippen LogP contribution in [-0.4, -0.2) is 23.6 Å². The number of nitrogens with one attached hydrogen (secondary N) is 1. The quantitative estimate of drug-likeness (QED) is 0.389. The number of phenolic OH excluding ortho intramolecular Hbond substituents is 1.